The fourth-order valence-corrected chi connectivity index (χ4v) is 3.79. The molecule has 0 saturated carbocycles. The number of rotatable bonds is 8. The molecule has 0 spiro atoms. The molecule has 0 aliphatic carbocycles. The first kappa shape index (κ1) is 24.1. The van der Waals surface area contributed by atoms with Crippen LogP contribution in [0.3, 0.4) is 0 Å². The van der Waals surface area contributed by atoms with Gasteiger partial charge in [0.25, 0.3) is 5.91 Å². The van der Waals surface area contributed by atoms with Gasteiger partial charge in [-0.15, -0.1) is 0 Å². The van der Waals surface area contributed by atoms with Gasteiger partial charge in [-0.1, -0.05) is 31.0 Å². The first-order valence-electron chi connectivity index (χ1n) is 11.2. The maximum Gasteiger partial charge on any atom is 0.255 e. The summed E-state index contributed by atoms with van der Waals surface area (Å²) in [5.41, 5.74) is 1.32. The molecule has 1 aliphatic rings. The number of amides is 3. The lowest BCUT2D eigenvalue weighted by Crippen LogP contribution is -2.32. The molecule has 2 N–H and O–H groups in total. The van der Waals surface area contributed by atoms with Crippen LogP contribution in [0.1, 0.15) is 48.9 Å². The summed E-state index contributed by atoms with van der Waals surface area (Å²) in [6.45, 7) is 1.53. The minimum Gasteiger partial charge on any atom is -0.494 e. The minimum atomic E-state index is -0.292. The number of anilines is 2. The number of carbonyl (C=O) groups is 3. The predicted octanol–water partition coefficient (Wildman–Crippen LogP) is 4.08. The van der Waals surface area contributed by atoms with Crippen molar-refractivity contribution >= 4 is 29.1 Å². The lowest BCUT2D eigenvalue weighted by molar-refractivity contribution is -0.132. The lowest BCUT2D eigenvalue weighted by Gasteiger charge is -2.20. The number of ether oxygens (including phenoxy) is 2. The summed E-state index contributed by atoms with van der Waals surface area (Å²) in [4.78, 5) is 39.4. The molecule has 33 heavy (non-hydrogen) atoms. The van der Waals surface area contributed by atoms with Gasteiger partial charge in [-0.05, 0) is 25.0 Å². The molecule has 0 unspecified atom stereocenters. The quantitative estimate of drug-likeness (QED) is 0.628. The van der Waals surface area contributed by atoms with Gasteiger partial charge >= 0.3 is 0 Å². The maximum atomic E-state index is 12.5. The van der Waals surface area contributed by atoms with Crippen molar-refractivity contribution in [2.24, 2.45) is 0 Å². The van der Waals surface area contributed by atoms with Crippen molar-refractivity contribution in [3.05, 3.63) is 48.0 Å². The van der Waals surface area contributed by atoms with E-state index < -0.39 is 0 Å². The minimum absolute atomic E-state index is 0.00979. The molecule has 1 fully saturated rings. The van der Waals surface area contributed by atoms with Gasteiger partial charge in [0.1, 0.15) is 11.5 Å². The molecule has 8 heteroatoms. The average molecular weight is 454 g/mol. The van der Waals surface area contributed by atoms with Crippen molar-refractivity contribution in [3.8, 4) is 11.5 Å². The van der Waals surface area contributed by atoms with E-state index in [0.29, 0.717) is 28.4 Å². The van der Waals surface area contributed by atoms with Crippen molar-refractivity contribution in [2.75, 3.05) is 37.9 Å². The number of nitrogens with one attached hydrogen (secondary N) is 2. The predicted molar refractivity (Wildman–Crippen MR) is 127 cm³/mol. The van der Waals surface area contributed by atoms with Crippen LogP contribution in [-0.2, 0) is 9.59 Å². The van der Waals surface area contributed by atoms with Crippen LogP contribution in [0.15, 0.2) is 42.5 Å². The van der Waals surface area contributed by atoms with Gasteiger partial charge in [-0.3, -0.25) is 14.4 Å². The van der Waals surface area contributed by atoms with Crippen molar-refractivity contribution in [3.63, 3.8) is 0 Å². The van der Waals surface area contributed by atoms with E-state index in [1.54, 1.807) is 36.4 Å². The Kier molecular flexibility index (Phi) is 8.69. The highest BCUT2D eigenvalue weighted by Crippen LogP contribution is 2.36. The second kappa shape index (κ2) is 11.9. The van der Waals surface area contributed by atoms with Crippen LogP contribution in [0.25, 0.3) is 0 Å². The summed E-state index contributed by atoms with van der Waals surface area (Å²) in [7, 11) is 2.95. The van der Waals surface area contributed by atoms with Crippen molar-refractivity contribution < 1.29 is 23.9 Å². The number of likely N-dealkylation sites (tertiary alicyclic amines) is 1. The molecule has 0 atom stereocenters. The highest BCUT2D eigenvalue weighted by molar-refractivity contribution is 6.05. The number of hydrogen-bond acceptors (Lipinski definition) is 5. The Bertz CT molecular complexity index is 970. The van der Waals surface area contributed by atoms with Gasteiger partial charge in [-0.25, -0.2) is 0 Å². The molecule has 2 aromatic carbocycles. The summed E-state index contributed by atoms with van der Waals surface area (Å²) in [5, 5.41) is 5.60. The topological polar surface area (TPSA) is 97.0 Å². The van der Waals surface area contributed by atoms with Crippen LogP contribution in [0.5, 0.6) is 11.5 Å². The fourth-order valence-electron chi connectivity index (χ4n) is 3.79. The maximum absolute atomic E-state index is 12.5. The fraction of sp³-hybridized carbons (Fsp3) is 0.400. The first-order valence-corrected chi connectivity index (χ1v) is 11.2. The van der Waals surface area contributed by atoms with E-state index in [1.807, 2.05) is 11.0 Å². The Morgan fingerprint density at radius 3 is 1.97 bits per heavy atom. The van der Waals surface area contributed by atoms with Crippen molar-refractivity contribution in [1.82, 2.24) is 4.90 Å². The zero-order valence-corrected chi connectivity index (χ0v) is 19.2. The number of nitrogens with zero attached hydrogens (tertiary/aromatic N) is 1. The van der Waals surface area contributed by atoms with Crippen LogP contribution in [0.2, 0.25) is 0 Å². The monoisotopic (exact) mass is 453 g/mol. The second-order valence-electron chi connectivity index (χ2n) is 7.92. The van der Waals surface area contributed by atoms with E-state index in [2.05, 4.69) is 10.6 Å². The van der Waals surface area contributed by atoms with Crippen LogP contribution < -0.4 is 20.1 Å². The first-order chi connectivity index (χ1) is 16.0. The smallest absolute Gasteiger partial charge is 0.255 e. The molecule has 176 valence electrons. The zero-order valence-electron chi connectivity index (χ0n) is 19.2. The van der Waals surface area contributed by atoms with Gasteiger partial charge in [0.15, 0.2) is 0 Å². The van der Waals surface area contributed by atoms with E-state index >= 15 is 0 Å². The van der Waals surface area contributed by atoms with Crippen LogP contribution in [0.4, 0.5) is 11.4 Å². The Hall–Kier alpha value is -3.55. The van der Waals surface area contributed by atoms with E-state index in [1.165, 1.54) is 14.2 Å². The van der Waals surface area contributed by atoms with Gasteiger partial charge < -0.3 is 25.0 Å². The van der Waals surface area contributed by atoms with E-state index in [-0.39, 0.29) is 30.6 Å². The van der Waals surface area contributed by atoms with Gasteiger partial charge in [0, 0.05) is 43.6 Å². The largest absolute Gasteiger partial charge is 0.494 e. The number of methoxy groups -OCH3 is 2. The summed E-state index contributed by atoms with van der Waals surface area (Å²) >= 11 is 0. The third-order valence-corrected chi connectivity index (χ3v) is 5.60. The van der Waals surface area contributed by atoms with Crippen LogP contribution in [0, 0.1) is 0 Å². The molecule has 3 amide bonds. The molecule has 2 aromatic rings. The highest BCUT2D eigenvalue weighted by Gasteiger charge is 2.19. The second-order valence-corrected chi connectivity index (χ2v) is 7.92. The molecule has 3 rings (SSSR count). The summed E-state index contributed by atoms with van der Waals surface area (Å²) in [6, 6.07) is 12.0. The summed E-state index contributed by atoms with van der Waals surface area (Å²) in [5.74, 6) is 0.164. The Morgan fingerprint density at radius 1 is 0.818 bits per heavy atom. The third kappa shape index (κ3) is 6.71. The van der Waals surface area contributed by atoms with Crippen LogP contribution in [-0.4, -0.2) is 49.9 Å². The van der Waals surface area contributed by atoms with Crippen molar-refractivity contribution in [2.45, 2.75) is 38.5 Å². The van der Waals surface area contributed by atoms with Gasteiger partial charge in [0.2, 0.25) is 11.8 Å². The van der Waals surface area contributed by atoms with E-state index in [0.717, 1.165) is 38.8 Å². The summed E-state index contributed by atoms with van der Waals surface area (Å²) in [6.07, 6.45) is 4.56. The standard InChI is InChI=1S/C25H31N3O5/c1-32-21-17-20(27-25(31)18-10-6-5-7-11-18)22(33-2)16-19(21)26-23(29)12-13-24(30)28-14-8-3-4-9-15-28/h5-7,10-11,16-17H,3-4,8-9,12-15H2,1-2H3,(H,26,29)(H,27,31). The molecule has 0 bridgehead atoms. The molecule has 1 saturated heterocycles. The molecular weight excluding hydrogens is 422 g/mol. The Balaban J connectivity index is 1.65. The normalized spacial score (nSPS) is 13.6. The number of benzene rings is 2. The third-order valence-electron chi connectivity index (χ3n) is 5.60. The van der Waals surface area contributed by atoms with E-state index in [9.17, 15) is 14.4 Å². The van der Waals surface area contributed by atoms with Gasteiger partial charge in [-0.2, -0.15) is 0 Å². The van der Waals surface area contributed by atoms with E-state index in [4.69, 9.17) is 9.47 Å². The Labute approximate surface area is 194 Å². The summed E-state index contributed by atoms with van der Waals surface area (Å²) < 4.78 is 10.8. The average Bonchev–Trinajstić information content (AvgIpc) is 3.13. The number of carbonyl (C=O) groups excluding carboxylic acids is 3. The zero-order chi connectivity index (χ0) is 23.6. The molecular formula is C25H31N3O5. The SMILES string of the molecule is COc1cc(NC(=O)c2ccccc2)c(OC)cc1NC(=O)CCC(=O)N1CCCCCC1. The molecule has 0 radical (unpaired) electrons. The van der Waals surface area contributed by atoms with Crippen LogP contribution >= 0.6 is 0 Å². The molecule has 1 aliphatic heterocycles. The van der Waals surface area contributed by atoms with Gasteiger partial charge in [0.05, 0.1) is 25.6 Å². The highest BCUT2D eigenvalue weighted by atomic mass is 16.5. The molecule has 0 aromatic heterocycles. The number of hydrogen-bond donors (Lipinski definition) is 2. The van der Waals surface area contributed by atoms with Crippen molar-refractivity contribution in [1.29, 1.82) is 0 Å². The molecule has 1 heterocycles. The Morgan fingerprint density at radius 2 is 1.39 bits per heavy atom. The lowest BCUT2D eigenvalue weighted by atomic mass is 10.2. The molecule has 8 nitrogen and oxygen atoms in total.